The van der Waals surface area contributed by atoms with Gasteiger partial charge >= 0.3 is 0 Å². The zero-order valence-corrected chi connectivity index (χ0v) is 9.66. The Hall–Kier alpha value is -1.84. The molecule has 3 N–H and O–H groups in total. The van der Waals surface area contributed by atoms with Crippen LogP contribution in [-0.2, 0) is 5.41 Å². The minimum atomic E-state index is -0.435. The summed E-state index contributed by atoms with van der Waals surface area (Å²) >= 11 is 0. The van der Waals surface area contributed by atoms with Crippen LogP contribution in [0.4, 0.5) is 0 Å². The van der Waals surface area contributed by atoms with Crippen LogP contribution in [0.15, 0.2) is 18.2 Å². The van der Waals surface area contributed by atoms with Crippen LogP contribution in [0.2, 0.25) is 0 Å². The van der Waals surface area contributed by atoms with Gasteiger partial charge in [0.1, 0.15) is 5.82 Å². The molecule has 0 aliphatic carbocycles. The van der Waals surface area contributed by atoms with Crippen LogP contribution in [0.25, 0.3) is 11.0 Å². The molecule has 84 valence electrons. The molecule has 2 rings (SSSR count). The van der Waals surface area contributed by atoms with Crippen molar-refractivity contribution >= 4 is 16.9 Å². The molecule has 0 aliphatic rings. The van der Waals surface area contributed by atoms with Gasteiger partial charge in [0.2, 0.25) is 0 Å². The molecule has 0 bridgehead atoms. The third-order valence-electron chi connectivity index (χ3n) is 2.49. The number of para-hydroxylation sites is 1. The zero-order valence-electron chi connectivity index (χ0n) is 9.66. The van der Waals surface area contributed by atoms with Crippen molar-refractivity contribution in [2.75, 3.05) is 0 Å². The fourth-order valence-corrected chi connectivity index (χ4v) is 1.59. The number of nitrogens with zero attached hydrogens (tertiary/aromatic N) is 1. The van der Waals surface area contributed by atoms with E-state index in [2.05, 4.69) is 30.7 Å². The number of H-pyrrole nitrogens is 1. The summed E-state index contributed by atoms with van der Waals surface area (Å²) in [5.74, 6) is 0.422. The van der Waals surface area contributed by atoms with E-state index in [1.807, 2.05) is 6.07 Å². The number of imidazole rings is 1. The number of fused-ring (bicyclic) bond motifs is 1. The molecule has 0 spiro atoms. The highest BCUT2D eigenvalue weighted by Crippen LogP contribution is 2.24. The van der Waals surface area contributed by atoms with Crippen LogP contribution in [0.1, 0.15) is 37.0 Å². The Balaban J connectivity index is 2.71. The maximum atomic E-state index is 11.2. The van der Waals surface area contributed by atoms with Gasteiger partial charge < -0.3 is 10.7 Å². The van der Waals surface area contributed by atoms with Crippen molar-refractivity contribution in [2.45, 2.75) is 26.2 Å². The summed E-state index contributed by atoms with van der Waals surface area (Å²) in [5.41, 5.74) is 7.22. The number of aromatic amines is 1. The first-order chi connectivity index (χ1) is 7.39. The van der Waals surface area contributed by atoms with Gasteiger partial charge in [-0.2, -0.15) is 0 Å². The van der Waals surface area contributed by atoms with E-state index in [1.54, 1.807) is 12.1 Å². The normalized spacial score (nSPS) is 11.9. The van der Waals surface area contributed by atoms with Crippen molar-refractivity contribution in [1.29, 1.82) is 0 Å². The Labute approximate surface area is 93.9 Å². The molecule has 0 saturated carbocycles. The average molecular weight is 217 g/mol. The molecule has 1 aromatic carbocycles. The van der Waals surface area contributed by atoms with E-state index < -0.39 is 5.91 Å². The Kier molecular flexibility index (Phi) is 2.22. The number of primary amides is 1. The molecule has 0 atom stereocenters. The lowest BCUT2D eigenvalue weighted by atomic mass is 9.96. The standard InChI is InChI=1S/C12H15N3O/c1-12(2,3)11-14-8-6-4-5-7(10(13)16)9(8)15-11/h4-6H,1-3H3,(H2,13,16)(H,14,15). The van der Waals surface area contributed by atoms with Gasteiger partial charge in [-0.05, 0) is 12.1 Å². The number of nitrogens with two attached hydrogens (primary N) is 1. The Morgan fingerprint density at radius 3 is 2.62 bits per heavy atom. The van der Waals surface area contributed by atoms with Gasteiger partial charge in [-0.15, -0.1) is 0 Å². The van der Waals surface area contributed by atoms with Crippen LogP contribution in [0.3, 0.4) is 0 Å². The molecule has 0 unspecified atom stereocenters. The predicted molar refractivity (Wildman–Crippen MR) is 63.3 cm³/mol. The number of carbonyl (C=O) groups is 1. The maximum Gasteiger partial charge on any atom is 0.250 e. The van der Waals surface area contributed by atoms with Crippen molar-refractivity contribution in [3.63, 3.8) is 0 Å². The molecule has 1 aromatic heterocycles. The fourth-order valence-electron chi connectivity index (χ4n) is 1.59. The molecule has 4 nitrogen and oxygen atoms in total. The second kappa shape index (κ2) is 3.33. The number of carbonyl (C=O) groups excluding carboxylic acids is 1. The topological polar surface area (TPSA) is 71.8 Å². The number of aromatic nitrogens is 2. The number of hydrogen-bond acceptors (Lipinski definition) is 2. The van der Waals surface area contributed by atoms with Gasteiger partial charge in [-0.1, -0.05) is 26.8 Å². The summed E-state index contributed by atoms with van der Waals surface area (Å²) in [7, 11) is 0. The number of hydrogen-bond donors (Lipinski definition) is 2. The average Bonchev–Trinajstić information content (AvgIpc) is 2.59. The highest BCUT2D eigenvalue weighted by atomic mass is 16.1. The first-order valence-electron chi connectivity index (χ1n) is 5.18. The third kappa shape index (κ3) is 1.66. The van der Waals surface area contributed by atoms with Crippen molar-refractivity contribution in [1.82, 2.24) is 9.97 Å². The predicted octanol–water partition coefficient (Wildman–Crippen LogP) is 1.96. The van der Waals surface area contributed by atoms with E-state index in [-0.39, 0.29) is 5.41 Å². The monoisotopic (exact) mass is 217 g/mol. The summed E-state index contributed by atoms with van der Waals surface area (Å²) in [6, 6.07) is 5.36. The van der Waals surface area contributed by atoms with Crippen LogP contribution in [0, 0.1) is 0 Å². The van der Waals surface area contributed by atoms with E-state index in [4.69, 9.17) is 5.73 Å². The molecule has 1 heterocycles. The smallest absolute Gasteiger partial charge is 0.250 e. The number of nitrogens with one attached hydrogen (secondary N) is 1. The lowest BCUT2D eigenvalue weighted by molar-refractivity contribution is 0.100. The quantitative estimate of drug-likeness (QED) is 0.766. The highest BCUT2D eigenvalue weighted by Gasteiger charge is 2.19. The van der Waals surface area contributed by atoms with Crippen molar-refractivity contribution < 1.29 is 4.79 Å². The minimum absolute atomic E-state index is 0.0755. The van der Waals surface area contributed by atoms with Gasteiger partial charge in [0.25, 0.3) is 5.91 Å². The maximum absolute atomic E-state index is 11.2. The van der Waals surface area contributed by atoms with Crippen molar-refractivity contribution in [2.24, 2.45) is 5.73 Å². The molecule has 1 amide bonds. The molecular formula is C12H15N3O. The van der Waals surface area contributed by atoms with Gasteiger partial charge in [-0.3, -0.25) is 4.79 Å². The summed E-state index contributed by atoms with van der Waals surface area (Å²) < 4.78 is 0. The number of benzene rings is 1. The molecule has 0 radical (unpaired) electrons. The highest BCUT2D eigenvalue weighted by molar-refractivity contribution is 6.04. The third-order valence-corrected chi connectivity index (χ3v) is 2.49. The lowest BCUT2D eigenvalue weighted by Gasteiger charge is -2.13. The molecule has 4 heteroatoms. The Bertz CT molecular complexity index is 549. The Morgan fingerprint density at radius 2 is 2.06 bits per heavy atom. The Morgan fingerprint density at radius 1 is 1.38 bits per heavy atom. The lowest BCUT2D eigenvalue weighted by Crippen LogP contribution is -2.13. The summed E-state index contributed by atoms with van der Waals surface area (Å²) in [4.78, 5) is 18.9. The molecule has 0 fully saturated rings. The van der Waals surface area contributed by atoms with Crippen LogP contribution in [0.5, 0.6) is 0 Å². The van der Waals surface area contributed by atoms with Crippen molar-refractivity contribution in [3.8, 4) is 0 Å². The molecule has 16 heavy (non-hydrogen) atoms. The van der Waals surface area contributed by atoms with Gasteiger partial charge in [0.15, 0.2) is 0 Å². The second-order valence-corrected chi connectivity index (χ2v) is 4.90. The van der Waals surface area contributed by atoms with E-state index in [1.165, 1.54) is 0 Å². The van der Waals surface area contributed by atoms with Crippen LogP contribution in [-0.4, -0.2) is 15.9 Å². The first kappa shape index (κ1) is 10.7. The van der Waals surface area contributed by atoms with E-state index in [0.717, 1.165) is 16.9 Å². The van der Waals surface area contributed by atoms with Gasteiger partial charge in [-0.25, -0.2) is 4.98 Å². The molecular weight excluding hydrogens is 202 g/mol. The number of amides is 1. The minimum Gasteiger partial charge on any atom is -0.366 e. The molecule has 2 aromatic rings. The number of rotatable bonds is 1. The second-order valence-electron chi connectivity index (χ2n) is 4.90. The van der Waals surface area contributed by atoms with E-state index in [0.29, 0.717) is 5.56 Å². The molecule has 0 aliphatic heterocycles. The van der Waals surface area contributed by atoms with E-state index >= 15 is 0 Å². The van der Waals surface area contributed by atoms with Gasteiger partial charge in [0.05, 0.1) is 16.6 Å². The summed E-state index contributed by atoms with van der Waals surface area (Å²) in [5, 5.41) is 0. The van der Waals surface area contributed by atoms with Gasteiger partial charge in [0, 0.05) is 5.41 Å². The van der Waals surface area contributed by atoms with Crippen molar-refractivity contribution in [3.05, 3.63) is 29.6 Å². The summed E-state index contributed by atoms with van der Waals surface area (Å²) in [6.45, 7) is 6.19. The summed E-state index contributed by atoms with van der Waals surface area (Å²) in [6.07, 6.45) is 0. The SMILES string of the molecule is CC(C)(C)c1nc2cccc(C(N)=O)c2[nH]1. The first-order valence-corrected chi connectivity index (χ1v) is 5.18. The zero-order chi connectivity index (χ0) is 11.9. The molecule has 0 saturated heterocycles. The van der Waals surface area contributed by atoms with E-state index in [9.17, 15) is 4.79 Å². The van der Waals surface area contributed by atoms with Crippen LogP contribution < -0.4 is 5.73 Å². The van der Waals surface area contributed by atoms with Crippen LogP contribution >= 0.6 is 0 Å². The fraction of sp³-hybridized carbons (Fsp3) is 0.333. The largest absolute Gasteiger partial charge is 0.366 e.